The van der Waals surface area contributed by atoms with Crippen molar-refractivity contribution >= 4 is 5.91 Å². The lowest BCUT2D eigenvalue weighted by Crippen LogP contribution is -2.22. The van der Waals surface area contributed by atoms with Crippen LogP contribution < -0.4 is 5.48 Å². The van der Waals surface area contributed by atoms with E-state index in [-0.39, 0.29) is 5.91 Å². The maximum atomic E-state index is 10.5. The third-order valence-electron chi connectivity index (χ3n) is 1.27. The van der Waals surface area contributed by atoms with Crippen molar-refractivity contribution < 1.29 is 14.2 Å². The van der Waals surface area contributed by atoms with E-state index in [0.717, 1.165) is 0 Å². The van der Waals surface area contributed by atoms with Gasteiger partial charge in [-0.05, 0) is 13.8 Å². The minimum Gasteiger partial charge on any atom is -0.336 e. The van der Waals surface area contributed by atoms with Crippen LogP contribution in [0, 0.1) is 6.92 Å². The van der Waals surface area contributed by atoms with Gasteiger partial charge in [-0.1, -0.05) is 5.16 Å². The van der Waals surface area contributed by atoms with Gasteiger partial charge in [-0.3, -0.25) is 9.63 Å². The summed E-state index contributed by atoms with van der Waals surface area (Å²) >= 11 is 0. The summed E-state index contributed by atoms with van der Waals surface area (Å²) in [7, 11) is 0. The summed E-state index contributed by atoms with van der Waals surface area (Å²) < 4.78 is 4.82. The number of hydrogen-bond acceptors (Lipinski definition) is 5. The molecular weight excluding hydrogens is 174 g/mol. The highest BCUT2D eigenvalue weighted by molar-refractivity contribution is 5.71. The van der Waals surface area contributed by atoms with Crippen LogP contribution in [0.2, 0.25) is 0 Å². The molecule has 0 aliphatic rings. The van der Waals surface area contributed by atoms with Crippen molar-refractivity contribution in [1.29, 1.82) is 0 Å². The van der Waals surface area contributed by atoms with Gasteiger partial charge in [-0.25, -0.2) is 5.48 Å². The lowest BCUT2D eigenvalue weighted by atomic mass is 10.4. The van der Waals surface area contributed by atoms with Gasteiger partial charge in [0.15, 0.2) is 11.9 Å². The molecule has 1 aromatic rings. The number of carbonyl (C=O) groups excluding carboxylic acids is 1. The Morgan fingerprint density at radius 1 is 1.69 bits per heavy atom. The number of carbonyl (C=O) groups is 1. The molecule has 1 amide bonds. The Labute approximate surface area is 75.2 Å². The summed E-state index contributed by atoms with van der Waals surface area (Å²) in [6.45, 7) is 4.76. The van der Waals surface area contributed by atoms with Crippen molar-refractivity contribution in [2.75, 3.05) is 0 Å². The lowest BCUT2D eigenvalue weighted by molar-refractivity contribution is -0.136. The van der Waals surface area contributed by atoms with E-state index in [0.29, 0.717) is 11.7 Å². The quantitative estimate of drug-likeness (QED) is 0.694. The number of hydroxylamine groups is 1. The molecule has 0 spiro atoms. The number of rotatable bonds is 3. The van der Waals surface area contributed by atoms with Gasteiger partial charge in [0.05, 0.1) is 0 Å². The molecule has 72 valence electrons. The molecule has 0 radical (unpaired) electrons. The van der Waals surface area contributed by atoms with E-state index in [1.54, 1.807) is 13.8 Å². The maximum Gasteiger partial charge on any atom is 0.258 e. The number of hydrogen-bond donors (Lipinski definition) is 1. The summed E-state index contributed by atoms with van der Waals surface area (Å²) in [5.41, 5.74) is 2.19. The molecule has 0 aliphatic carbocycles. The summed E-state index contributed by atoms with van der Waals surface area (Å²) in [5.74, 6) is 0.600. The van der Waals surface area contributed by atoms with Gasteiger partial charge in [-0.15, -0.1) is 0 Å². The molecule has 1 aromatic heterocycles. The molecule has 1 heterocycles. The van der Waals surface area contributed by atoms with Crippen molar-refractivity contribution in [2.45, 2.75) is 26.9 Å². The molecule has 1 unspecified atom stereocenters. The Hall–Kier alpha value is -1.43. The van der Waals surface area contributed by atoms with E-state index in [1.165, 1.54) is 6.92 Å². The van der Waals surface area contributed by atoms with Crippen molar-refractivity contribution in [3.63, 3.8) is 0 Å². The Morgan fingerprint density at radius 3 is 2.85 bits per heavy atom. The fourth-order valence-electron chi connectivity index (χ4n) is 0.700. The van der Waals surface area contributed by atoms with Crippen LogP contribution >= 0.6 is 0 Å². The zero-order chi connectivity index (χ0) is 9.84. The SMILES string of the molecule is CC(=O)NOC(C)c1nc(C)no1. The second-order valence-electron chi connectivity index (χ2n) is 2.60. The fraction of sp³-hybridized carbons (Fsp3) is 0.571. The number of aryl methyl sites for hydroxylation is 1. The number of aromatic nitrogens is 2. The van der Waals surface area contributed by atoms with Gasteiger partial charge in [0, 0.05) is 6.92 Å². The zero-order valence-corrected chi connectivity index (χ0v) is 7.70. The first-order valence-electron chi connectivity index (χ1n) is 3.82. The number of nitrogens with zero attached hydrogens (tertiary/aromatic N) is 2. The summed E-state index contributed by atoms with van der Waals surface area (Å²) in [4.78, 5) is 19.3. The molecule has 13 heavy (non-hydrogen) atoms. The third-order valence-corrected chi connectivity index (χ3v) is 1.27. The fourth-order valence-corrected chi connectivity index (χ4v) is 0.700. The number of amides is 1. The van der Waals surface area contributed by atoms with Crippen molar-refractivity contribution in [1.82, 2.24) is 15.6 Å². The van der Waals surface area contributed by atoms with Gasteiger partial charge >= 0.3 is 0 Å². The van der Waals surface area contributed by atoms with E-state index in [4.69, 9.17) is 9.36 Å². The highest BCUT2D eigenvalue weighted by atomic mass is 16.7. The van der Waals surface area contributed by atoms with Gasteiger partial charge in [0.1, 0.15) is 0 Å². The predicted octanol–water partition coefficient (Wildman–Crippen LogP) is 0.507. The largest absolute Gasteiger partial charge is 0.336 e. The second-order valence-corrected chi connectivity index (χ2v) is 2.60. The minimum absolute atomic E-state index is 0.275. The highest BCUT2D eigenvalue weighted by Gasteiger charge is 2.13. The first-order valence-corrected chi connectivity index (χ1v) is 3.82. The average Bonchev–Trinajstić information content (AvgIpc) is 2.47. The standard InChI is InChI=1S/C7H11N3O3/c1-4(12-10-6(3)11)7-8-5(2)9-13-7/h4H,1-3H3,(H,10,11). The topological polar surface area (TPSA) is 77.2 Å². The first kappa shape index (κ1) is 9.66. The predicted molar refractivity (Wildman–Crippen MR) is 42.4 cm³/mol. The average molecular weight is 185 g/mol. The summed E-state index contributed by atoms with van der Waals surface area (Å²) in [6.07, 6.45) is -0.440. The van der Waals surface area contributed by atoms with Gasteiger partial charge in [-0.2, -0.15) is 4.98 Å². The van der Waals surface area contributed by atoms with E-state index >= 15 is 0 Å². The van der Waals surface area contributed by atoms with Crippen LogP contribution in [0.3, 0.4) is 0 Å². The van der Waals surface area contributed by atoms with Crippen LogP contribution in [0.1, 0.15) is 31.7 Å². The molecule has 0 aliphatic heterocycles. The maximum absolute atomic E-state index is 10.5. The van der Waals surface area contributed by atoms with Crippen molar-refractivity contribution in [3.05, 3.63) is 11.7 Å². The lowest BCUT2D eigenvalue weighted by Gasteiger charge is -2.06. The summed E-state index contributed by atoms with van der Waals surface area (Å²) in [6, 6.07) is 0. The van der Waals surface area contributed by atoms with Gasteiger partial charge in [0.2, 0.25) is 5.91 Å². The van der Waals surface area contributed by atoms with Crippen LogP contribution in [-0.4, -0.2) is 16.0 Å². The van der Waals surface area contributed by atoms with Crippen molar-refractivity contribution in [3.8, 4) is 0 Å². The van der Waals surface area contributed by atoms with E-state index < -0.39 is 6.10 Å². The van der Waals surface area contributed by atoms with Crippen LogP contribution in [0.15, 0.2) is 4.52 Å². The third kappa shape index (κ3) is 2.83. The Balaban J connectivity index is 2.48. The molecule has 0 fully saturated rings. The van der Waals surface area contributed by atoms with Gasteiger partial charge in [0.25, 0.3) is 5.89 Å². The molecule has 1 atom stereocenters. The zero-order valence-electron chi connectivity index (χ0n) is 7.70. The molecule has 1 N–H and O–H groups in total. The molecular formula is C7H11N3O3. The van der Waals surface area contributed by atoms with E-state index in [2.05, 4.69) is 15.6 Å². The Morgan fingerprint density at radius 2 is 2.38 bits per heavy atom. The smallest absolute Gasteiger partial charge is 0.258 e. The normalized spacial score (nSPS) is 12.5. The molecule has 6 nitrogen and oxygen atoms in total. The molecule has 0 saturated carbocycles. The van der Waals surface area contributed by atoms with E-state index in [1.807, 2.05) is 0 Å². The monoisotopic (exact) mass is 185 g/mol. The Kier molecular flexibility index (Phi) is 2.97. The van der Waals surface area contributed by atoms with Crippen LogP contribution in [0.25, 0.3) is 0 Å². The number of nitrogens with one attached hydrogen (secondary N) is 1. The van der Waals surface area contributed by atoms with Gasteiger partial charge < -0.3 is 4.52 Å². The molecule has 6 heteroatoms. The van der Waals surface area contributed by atoms with Crippen LogP contribution in [0.5, 0.6) is 0 Å². The molecule has 1 rings (SSSR count). The van der Waals surface area contributed by atoms with Crippen molar-refractivity contribution in [2.24, 2.45) is 0 Å². The molecule has 0 bridgehead atoms. The second kappa shape index (κ2) is 3.99. The van der Waals surface area contributed by atoms with Crippen LogP contribution in [0.4, 0.5) is 0 Å². The Bertz CT molecular complexity index is 297. The van der Waals surface area contributed by atoms with E-state index in [9.17, 15) is 4.79 Å². The molecule has 0 aromatic carbocycles. The molecule has 0 saturated heterocycles. The summed E-state index contributed by atoms with van der Waals surface area (Å²) in [5, 5.41) is 3.59. The van der Waals surface area contributed by atoms with Crippen LogP contribution in [-0.2, 0) is 9.63 Å². The first-order chi connectivity index (χ1) is 6.09. The minimum atomic E-state index is -0.440. The highest BCUT2D eigenvalue weighted by Crippen LogP contribution is 2.11.